The van der Waals surface area contributed by atoms with Crippen molar-refractivity contribution < 1.29 is 8.42 Å². The molecule has 0 amide bonds. The van der Waals surface area contributed by atoms with Gasteiger partial charge in [-0.25, -0.2) is 23.1 Å². The summed E-state index contributed by atoms with van der Waals surface area (Å²) in [5.74, 6) is 1.36. The maximum Gasteiger partial charge on any atom is 0.244 e. The van der Waals surface area contributed by atoms with Crippen molar-refractivity contribution in [2.45, 2.75) is 32.2 Å². The highest BCUT2D eigenvalue weighted by molar-refractivity contribution is 7.89. The van der Waals surface area contributed by atoms with Gasteiger partial charge in [0.05, 0.1) is 11.4 Å². The zero-order chi connectivity index (χ0) is 19.4. The van der Waals surface area contributed by atoms with E-state index < -0.39 is 10.0 Å². The van der Waals surface area contributed by atoms with Crippen LogP contribution < -0.4 is 10.0 Å². The van der Waals surface area contributed by atoms with Gasteiger partial charge in [0.2, 0.25) is 10.0 Å². The van der Waals surface area contributed by atoms with Crippen LogP contribution in [-0.4, -0.2) is 45.8 Å². The lowest BCUT2D eigenvalue weighted by Gasteiger charge is -2.10. The minimum atomic E-state index is -3.62. The average molecular weight is 389 g/mol. The summed E-state index contributed by atoms with van der Waals surface area (Å²) in [6, 6.07) is 5.62. The molecular formula is C17H23N7O2S. The summed E-state index contributed by atoms with van der Waals surface area (Å²) in [4.78, 5) is 8.62. The average Bonchev–Trinajstić information content (AvgIpc) is 3.27. The first-order chi connectivity index (χ1) is 12.9. The number of hydrogen-bond donors (Lipinski definition) is 2. The summed E-state index contributed by atoms with van der Waals surface area (Å²) >= 11 is 0. The second-order valence-electron chi connectivity index (χ2n) is 5.99. The van der Waals surface area contributed by atoms with Crippen LogP contribution in [0.3, 0.4) is 0 Å². The Morgan fingerprint density at radius 1 is 1.11 bits per heavy atom. The SMILES string of the molecule is CCn1nc(C)c(S(=O)(=O)NCCNc2cc(-n3cccc3)ncn2)c1C. The van der Waals surface area contributed by atoms with Crippen molar-refractivity contribution in [3.63, 3.8) is 0 Å². The van der Waals surface area contributed by atoms with E-state index in [0.717, 1.165) is 5.82 Å². The Morgan fingerprint density at radius 2 is 1.85 bits per heavy atom. The molecular weight excluding hydrogens is 366 g/mol. The number of aryl methyl sites for hydroxylation is 2. The van der Waals surface area contributed by atoms with Gasteiger partial charge >= 0.3 is 0 Å². The maximum atomic E-state index is 12.6. The van der Waals surface area contributed by atoms with Crippen LogP contribution in [0.15, 0.2) is 41.8 Å². The Bertz CT molecular complexity index is 1010. The molecule has 0 unspecified atom stereocenters. The largest absolute Gasteiger partial charge is 0.369 e. The third kappa shape index (κ3) is 4.17. The molecule has 2 N–H and O–H groups in total. The third-order valence-corrected chi connectivity index (χ3v) is 5.84. The van der Waals surface area contributed by atoms with Crippen LogP contribution in [0.4, 0.5) is 5.82 Å². The fraction of sp³-hybridized carbons (Fsp3) is 0.353. The van der Waals surface area contributed by atoms with Crippen molar-refractivity contribution in [2.24, 2.45) is 0 Å². The molecule has 0 bridgehead atoms. The van der Waals surface area contributed by atoms with Gasteiger partial charge < -0.3 is 9.88 Å². The molecule has 3 heterocycles. The standard InChI is InChI=1S/C17H23N7O2S/c1-4-24-14(3)17(13(2)22-24)27(25,26)21-8-7-18-15-11-16(20-12-19-15)23-9-5-6-10-23/h5-6,9-12,21H,4,7-8H2,1-3H3,(H,18,19,20). The second kappa shape index (κ2) is 7.89. The predicted molar refractivity (Wildman–Crippen MR) is 102 cm³/mol. The molecule has 0 spiro atoms. The van der Waals surface area contributed by atoms with Crippen LogP contribution in [0.5, 0.6) is 0 Å². The molecule has 27 heavy (non-hydrogen) atoms. The number of nitrogens with zero attached hydrogens (tertiary/aromatic N) is 5. The van der Waals surface area contributed by atoms with E-state index in [1.807, 2.05) is 36.0 Å². The molecule has 3 aromatic rings. The summed E-state index contributed by atoms with van der Waals surface area (Å²) in [6.45, 7) is 6.64. The molecule has 0 aromatic carbocycles. The van der Waals surface area contributed by atoms with Gasteiger partial charge in [-0.1, -0.05) is 0 Å². The number of rotatable bonds is 8. The summed E-state index contributed by atoms with van der Waals surface area (Å²) in [7, 11) is -3.62. The Morgan fingerprint density at radius 3 is 2.52 bits per heavy atom. The predicted octanol–water partition coefficient (Wildman–Crippen LogP) is 1.49. The fourth-order valence-corrected chi connectivity index (χ4v) is 4.34. The summed E-state index contributed by atoms with van der Waals surface area (Å²) < 4.78 is 31.4. The summed E-state index contributed by atoms with van der Waals surface area (Å²) in [5.41, 5.74) is 1.14. The quantitative estimate of drug-likeness (QED) is 0.565. The molecule has 3 aromatic heterocycles. The first-order valence-electron chi connectivity index (χ1n) is 8.65. The zero-order valence-electron chi connectivity index (χ0n) is 15.5. The third-order valence-electron chi connectivity index (χ3n) is 4.13. The topological polar surface area (TPSA) is 107 Å². The van der Waals surface area contributed by atoms with E-state index in [1.165, 1.54) is 6.33 Å². The van der Waals surface area contributed by atoms with Crippen LogP contribution in [0, 0.1) is 13.8 Å². The highest BCUT2D eigenvalue weighted by atomic mass is 32.2. The van der Waals surface area contributed by atoms with Gasteiger partial charge in [-0.2, -0.15) is 5.10 Å². The normalized spacial score (nSPS) is 11.7. The Kier molecular flexibility index (Phi) is 5.57. The smallest absolute Gasteiger partial charge is 0.244 e. The molecule has 0 aliphatic carbocycles. The van der Waals surface area contributed by atoms with Crippen molar-refractivity contribution in [2.75, 3.05) is 18.4 Å². The summed E-state index contributed by atoms with van der Waals surface area (Å²) in [5, 5.41) is 7.37. The molecule has 0 aliphatic heterocycles. The number of anilines is 1. The van der Waals surface area contributed by atoms with Crippen LogP contribution in [0.25, 0.3) is 5.82 Å². The molecule has 9 nitrogen and oxygen atoms in total. The molecule has 10 heteroatoms. The molecule has 0 atom stereocenters. The van der Waals surface area contributed by atoms with E-state index in [2.05, 4.69) is 25.1 Å². The first kappa shape index (κ1) is 19.1. The molecule has 0 fully saturated rings. The lowest BCUT2D eigenvalue weighted by atomic mass is 10.4. The summed E-state index contributed by atoms with van der Waals surface area (Å²) in [6.07, 6.45) is 5.25. The van der Waals surface area contributed by atoms with E-state index in [-0.39, 0.29) is 11.4 Å². The number of nitrogens with one attached hydrogen (secondary N) is 2. The van der Waals surface area contributed by atoms with E-state index >= 15 is 0 Å². The number of sulfonamides is 1. The molecule has 144 valence electrons. The van der Waals surface area contributed by atoms with Gasteiger partial charge in [0.25, 0.3) is 0 Å². The van der Waals surface area contributed by atoms with Gasteiger partial charge in [0, 0.05) is 38.1 Å². The van der Waals surface area contributed by atoms with Crippen molar-refractivity contribution in [1.29, 1.82) is 0 Å². The van der Waals surface area contributed by atoms with Crippen molar-refractivity contribution >= 4 is 15.8 Å². The molecule has 3 rings (SSSR count). The Labute approximate surface area is 158 Å². The van der Waals surface area contributed by atoms with Crippen molar-refractivity contribution in [3.8, 4) is 5.82 Å². The Balaban J connectivity index is 1.60. The zero-order valence-corrected chi connectivity index (χ0v) is 16.4. The molecule has 0 saturated carbocycles. The van der Waals surface area contributed by atoms with Gasteiger partial charge in [-0.15, -0.1) is 0 Å². The molecule has 0 saturated heterocycles. The maximum absolute atomic E-state index is 12.6. The van der Waals surface area contributed by atoms with Crippen molar-refractivity contribution in [3.05, 3.63) is 48.3 Å². The first-order valence-corrected chi connectivity index (χ1v) is 10.1. The van der Waals surface area contributed by atoms with Gasteiger partial charge in [0.15, 0.2) is 0 Å². The number of hydrogen-bond acceptors (Lipinski definition) is 6. The monoisotopic (exact) mass is 389 g/mol. The van der Waals surface area contributed by atoms with Gasteiger partial charge in [-0.3, -0.25) is 4.68 Å². The van der Waals surface area contributed by atoms with Crippen LogP contribution >= 0.6 is 0 Å². The van der Waals surface area contributed by atoms with Gasteiger partial charge in [0.1, 0.15) is 22.9 Å². The Hall–Kier alpha value is -2.72. The second-order valence-corrected chi connectivity index (χ2v) is 7.70. The minimum Gasteiger partial charge on any atom is -0.369 e. The lowest BCUT2D eigenvalue weighted by Crippen LogP contribution is -2.29. The highest BCUT2D eigenvalue weighted by Crippen LogP contribution is 2.19. The number of aromatic nitrogens is 5. The van der Waals surface area contributed by atoms with Crippen LogP contribution in [-0.2, 0) is 16.6 Å². The van der Waals surface area contributed by atoms with Crippen molar-refractivity contribution in [1.82, 2.24) is 29.0 Å². The lowest BCUT2D eigenvalue weighted by molar-refractivity contribution is 0.580. The van der Waals surface area contributed by atoms with Crippen LogP contribution in [0.2, 0.25) is 0 Å². The van der Waals surface area contributed by atoms with E-state index in [9.17, 15) is 8.42 Å². The molecule has 0 aliphatic rings. The van der Waals surface area contributed by atoms with E-state index in [1.54, 1.807) is 24.6 Å². The van der Waals surface area contributed by atoms with Crippen LogP contribution in [0.1, 0.15) is 18.3 Å². The van der Waals surface area contributed by atoms with E-state index in [0.29, 0.717) is 30.3 Å². The van der Waals surface area contributed by atoms with Gasteiger partial charge in [-0.05, 0) is 32.9 Å². The fourth-order valence-electron chi connectivity index (χ4n) is 2.90. The van der Waals surface area contributed by atoms with E-state index in [4.69, 9.17) is 0 Å². The minimum absolute atomic E-state index is 0.224. The highest BCUT2D eigenvalue weighted by Gasteiger charge is 2.23. The molecule has 0 radical (unpaired) electrons.